The number of aromatic nitrogens is 2. The van der Waals surface area contributed by atoms with Crippen LogP contribution in [0.1, 0.15) is 43.0 Å². The van der Waals surface area contributed by atoms with Gasteiger partial charge < -0.3 is 10.1 Å². The van der Waals surface area contributed by atoms with Crippen LogP contribution in [0.3, 0.4) is 0 Å². The van der Waals surface area contributed by atoms with Crippen LogP contribution >= 0.6 is 11.6 Å². The number of nitrogens with zero attached hydrogens (tertiary/aromatic N) is 5. The number of amides is 3. The van der Waals surface area contributed by atoms with Crippen LogP contribution < -0.4 is 19.9 Å². The SMILES string of the molecule is N#Cc1ccnc(N2C(=O)CC[C@H]2C(=O)N(c2cccc(OC(F)F)c2)C(C(=O)NC2CC(F)(F)C2)c2ccccc2Cl)n1. The maximum atomic E-state index is 14.5. The van der Waals surface area contributed by atoms with Crippen molar-refractivity contribution in [2.45, 2.75) is 56.3 Å². The van der Waals surface area contributed by atoms with E-state index in [1.165, 1.54) is 42.6 Å². The first-order valence-electron chi connectivity index (χ1n) is 13.3. The van der Waals surface area contributed by atoms with E-state index >= 15 is 0 Å². The second-order valence-corrected chi connectivity index (χ2v) is 10.6. The first-order valence-corrected chi connectivity index (χ1v) is 13.7. The van der Waals surface area contributed by atoms with E-state index in [0.29, 0.717) is 0 Å². The van der Waals surface area contributed by atoms with Gasteiger partial charge in [0.2, 0.25) is 17.8 Å². The molecule has 2 fully saturated rings. The smallest absolute Gasteiger partial charge is 0.387 e. The third kappa shape index (κ3) is 6.42. The van der Waals surface area contributed by atoms with Crippen molar-refractivity contribution in [2.75, 3.05) is 9.80 Å². The van der Waals surface area contributed by atoms with Crippen molar-refractivity contribution in [2.24, 2.45) is 0 Å². The lowest BCUT2D eigenvalue weighted by Crippen LogP contribution is -2.56. The number of nitrogens with one attached hydrogen (secondary N) is 1. The number of ether oxygens (including phenoxy) is 1. The van der Waals surface area contributed by atoms with Gasteiger partial charge in [-0.05, 0) is 30.7 Å². The van der Waals surface area contributed by atoms with Crippen LogP contribution in [0.25, 0.3) is 0 Å². The van der Waals surface area contributed by atoms with Gasteiger partial charge in [0.25, 0.3) is 11.8 Å². The topological polar surface area (TPSA) is 129 Å². The van der Waals surface area contributed by atoms with Crippen molar-refractivity contribution in [3.05, 3.63) is 77.1 Å². The average Bonchev–Trinajstić information content (AvgIpc) is 3.36. The largest absolute Gasteiger partial charge is 0.435 e. The van der Waals surface area contributed by atoms with Crippen molar-refractivity contribution < 1.29 is 36.7 Å². The minimum absolute atomic E-state index is 0.0484. The summed E-state index contributed by atoms with van der Waals surface area (Å²) in [5, 5.41) is 11.9. The Balaban J connectivity index is 1.63. The van der Waals surface area contributed by atoms with Crippen molar-refractivity contribution in [3.63, 3.8) is 0 Å². The minimum Gasteiger partial charge on any atom is -0.435 e. The Morgan fingerprint density at radius 1 is 1.16 bits per heavy atom. The quantitative estimate of drug-likeness (QED) is 0.337. The molecule has 1 aromatic heterocycles. The van der Waals surface area contributed by atoms with Gasteiger partial charge in [-0.25, -0.2) is 18.7 Å². The molecule has 1 saturated carbocycles. The summed E-state index contributed by atoms with van der Waals surface area (Å²) in [6.07, 6.45) is -0.147. The molecule has 44 heavy (non-hydrogen) atoms. The van der Waals surface area contributed by atoms with Crippen LogP contribution in [-0.4, -0.2) is 52.3 Å². The van der Waals surface area contributed by atoms with E-state index in [2.05, 4.69) is 20.0 Å². The minimum atomic E-state index is -3.20. The molecule has 228 valence electrons. The van der Waals surface area contributed by atoms with Gasteiger partial charge in [0.15, 0.2) is 0 Å². The lowest BCUT2D eigenvalue weighted by Gasteiger charge is -2.39. The van der Waals surface area contributed by atoms with E-state index in [-0.39, 0.29) is 46.5 Å². The molecule has 2 aliphatic rings. The zero-order valence-corrected chi connectivity index (χ0v) is 23.4. The van der Waals surface area contributed by atoms with E-state index in [1.54, 1.807) is 12.1 Å². The number of nitriles is 1. The fraction of sp³-hybridized carbons (Fsp3) is 0.310. The predicted molar refractivity (Wildman–Crippen MR) is 148 cm³/mol. The Morgan fingerprint density at radius 3 is 2.59 bits per heavy atom. The first kappa shape index (κ1) is 30.7. The third-order valence-electron chi connectivity index (χ3n) is 7.17. The number of carbonyl (C=O) groups is 3. The molecule has 2 heterocycles. The fourth-order valence-corrected chi connectivity index (χ4v) is 5.45. The third-order valence-corrected chi connectivity index (χ3v) is 7.52. The van der Waals surface area contributed by atoms with Crippen molar-refractivity contribution in [3.8, 4) is 11.8 Å². The maximum Gasteiger partial charge on any atom is 0.387 e. The molecule has 1 saturated heterocycles. The lowest BCUT2D eigenvalue weighted by atomic mass is 9.87. The Labute approximate surface area is 253 Å². The number of alkyl halides is 4. The van der Waals surface area contributed by atoms with Crippen molar-refractivity contribution >= 4 is 41.0 Å². The van der Waals surface area contributed by atoms with E-state index in [4.69, 9.17) is 11.6 Å². The summed E-state index contributed by atoms with van der Waals surface area (Å²) >= 11 is 6.49. The molecule has 2 aromatic carbocycles. The summed E-state index contributed by atoms with van der Waals surface area (Å²) < 4.78 is 58.1. The number of rotatable bonds is 9. The molecule has 1 aliphatic carbocycles. The van der Waals surface area contributed by atoms with Gasteiger partial charge in [0, 0.05) is 53.8 Å². The standard InChI is InChI=1S/C29H23ClF4N6O4/c30-21-7-2-1-6-20(21)24(25(42)37-17-13-29(33,34)14-17)39(18-4-3-5-19(12-18)44-27(31)32)26(43)22-8-9-23(41)40(22)28-36-11-10-16(15-35)38-28/h1-7,10-12,17,22,24,27H,8-9,13-14H2,(H,37,42)/t22-,24?/m0/s1. The number of hydrogen-bond donors (Lipinski definition) is 1. The van der Waals surface area contributed by atoms with E-state index in [1.807, 2.05) is 6.07 Å². The summed E-state index contributed by atoms with van der Waals surface area (Å²) in [5.74, 6) is -5.78. The van der Waals surface area contributed by atoms with Crippen LogP contribution in [0.5, 0.6) is 5.75 Å². The molecule has 0 spiro atoms. The molecule has 0 bridgehead atoms. The molecule has 5 rings (SSSR count). The number of hydrogen-bond acceptors (Lipinski definition) is 7. The van der Waals surface area contributed by atoms with Gasteiger partial charge in [-0.3, -0.25) is 24.2 Å². The van der Waals surface area contributed by atoms with Crippen molar-refractivity contribution in [1.29, 1.82) is 5.26 Å². The van der Waals surface area contributed by atoms with E-state index in [9.17, 15) is 37.2 Å². The first-order chi connectivity index (χ1) is 21.0. The van der Waals surface area contributed by atoms with Gasteiger partial charge in [-0.15, -0.1) is 0 Å². The highest BCUT2D eigenvalue weighted by atomic mass is 35.5. The lowest BCUT2D eigenvalue weighted by molar-refractivity contribution is -0.133. The van der Waals surface area contributed by atoms with Gasteiger partial charge >= 0.3 is 6.61 Å². The maximum absolute atomic E-state index is 14.5. The van der Waals surface area contributed by atoms with Gasteiger partial charge in [0.1, 0.15) is 29.6 Å². The van der Waals surface area contributed by atoms with Crippen LogP contribution in [0.15, 0.2) is 60.8 Å². The van der Waals surface area contributed by atoms with Gasteiger partial charge in [-0.1, -0.05) is 35.9 Å². The predicted octanol–water partition coefficient (Wildman–Crippen LogP) is 4.79. The Bertz CT molecular complexity index is 1630. The highest BCUT2D eigenvalue weighted by Gasteiger charge is 2.49. The van der Waals surface area contributed by atoms with Crippen molar-refractivity contribution in [1.82, 2.24) is 15.3 Å². The molecule has 0 radical (unpaired) electrons. The van der Waals surface area contributed by atoms with Crippen LogP contribution in [0.2, 0.25) is 5.02 Å². The van der Waals surface area contributed by atoms with E-state index in [0.717, 1.165) is 15.9 Å². The fourth-order valence-electron chi connectivity index (χ4n) is 5.21. The summed E-state index contributed by atoms with van der Waals surface area (Å²) in [6.45, 7) is -3.20. The second kappa shape index (κ2) is 12.5. The number of anilines is 2. The molecule has 3 aromatic rings. The molecule has 1 N–H and O–H groups in total. The molecule has 3 amide bonds. The number of halogens is 5. The van der Waals surface area contributed by atoms with Crippen LogP contribution in [0, 0.1) is 11.3 Å². The second-order valence-electron chi connectivity index (χ2n) is 10.1. The molecular formula is C29H23ClF4N6O4. The molecular weight excluding hydrogens is 608 g/mol. The molecule has 1 aliphatic heterocycles. The monoisotopic (exact) mass is 630 g/mol. The zero-order chi connectivity index (χ0) is 31.6. The number of carbonyl (C=O) groups excluding carboxylic acids is 3. The summed E-state index contributed by atoms with van der Waals surface area (Å²) in [6, 6.07) is 10.4. The highest BCUT2D eigenvalue weighted by molar-refractivity contribution is 6.31. The Kier molecular flexibility index (Phi) is 8.68. The summed E-state index contributed by atoms with van der Waals surface area (Å²) in [7, 11) is 0. The summed E-state index contributed by atoms with van der Waals surface area (Å²) in [5.41, 5.74) is -0.0525. The van der Waals surface area contributed by atoms with Gasteiger partial charge in [-0.2, -0.15) is 14.0 Å². The molecule has 2 atom stereocenters. The van der Waals surface area contributed by atoms with Crippen LogP contribution in [-0.2, 0) is 14.4 Å². The Hall–Kier alpha value is -4.77. The molecule has 1 unspecified atom stereocenters. The van der Waals surface area contributed by atoms with Crippen LogP contribution in [0.4, 0.5) is 29.2 Å². The summed E-state index contributed by atoms with van der Waals surface area (Å²) in [4.78, 5) is 51.5. The Morgan fingerprint density at radius 2 is 1.91 bits per heavy atom. The molecule has 10 nitrogen and oxygen atoms in total. The normalized spacial score (nSPS) is 18.3. The van der Waals surface area contributed by atoms with Gasteiger partial charge in [0.05, 0.1) is 0 Å². The zero-order valence-electron chi connectivity index (χ0n) is 22.7. The van der Waals surface area contributed by atoms with E-state index < -0.39 is 61.2 Å². The average molecular weight is 631 g/mol. The molecule has 15 heteroatoms. The number of benzene rings is 2. The highest BCUT2D eigenvalue weighted by Crippen LogP contribution is 2.40.